The van der Waals surface area contributed by atoms with Gasteiger partial charge < -0.3 is 10.6 Å². The fourth-order valence-electron chi connectivity index (χ4n) is 1.95. The SMILES string of the molecule is CCNC(=O)c1ccc(NCc2ccc(C)c(F)c2)cc1. The molecule has 0 atom stereocenters. The highest BCUT2D eigenvalue weighted by molar-refractivity contribution is 5.94. The van der Waals surface area contributed by atoms with Crippen LogP contribution >= 0.6 is 0 Å². The molecule has 3 nitrogen and oxygen atoms in total. The molecule has 0 aliphatic rings. The van der Waals surface area contributed by atoms with Gasteiger partial charge in [0.25, 0.3) is 5.91 Å². The van der Waals surface area contributed by atoms with Crippen LogP contribution < -0.4 is 10.6 Å². The van der Waals surface area contributed by atoms with Crippen molar-refractivity contribution in [3.63, 3.8) is 0 Å². The van der Waals surface area contributed by atoms with Gasteiger partial charge in [0.1, 0.15) is 5.82 Å². The lowest BCUT2D eigenvalue weighted by Crippen LogP contribution is -2.22. The van der Waals surface area contributed by atoms with Gasteiger partial charge in [-0.1, -0.05) is 12.1 Å². The molecule has 2 N–H and O–H groups in total. The first-order chi connectivity index (χ1) is 10.1. The topological polar surface area (TPSA) is 41.1 Å². The molecule has 0 aromatic heterocycles. The number of aryl methyl sites for hydroxylation is 1. The zero-order valence-corrected chi connectivity index (χ0v) is 12.2. The summed E-state index contributed by atoms with van der Waals surface area (Å²) in [5.41, 5.74) is 3.05. The number of rotatable bonds is 5. The third-order valence-electron chi connectivity index (χ3n) is 3.22. The van der Waals surface area contributed by atoms with E-state index in [0.717, 1.165) is 11.3 Å². The van der Waals surface area contributed by atoms with E-state index in [2.05, 4.69) is 10.6 Å². The summed E-state index contributed by atoms with van der Waals surface area (Å²) >= 11 is 0. The zero-order valence-electron chi connectivity index (χ0n) is 12.2. The Labute approximate surface area is 124 Å². The molecule has 2 aromatic carbocycles. The number of benzene rings is 2. The largest absolute Gasteiger partial charge is 0.381 e. The van der Waals surface area contributed by atoms with E-state index >= 15 is 0 Å². The van der Waals surface area contributed by atoms with Crippen molar-refractivity contribution in [3.8, 4) is 0 Å². The Balaban J connectivity index is 1.97. The van der Waals surface area contributed by atoms with Crippen LogP contribution in [0, 0.1) is 12.7 Å². The summed E-state index contributed by atoms with van der Waals surface area (Å²) in [5, 5.41) is 5.96. The summed E-state index contributed by atoms with van der Waals surface area (Å²) < 4.78 is 13.4. The highest BCUT2D eigenvalue weighted by Crippen LogP contribution is 2.13. The van der Waals surface area contributed by atoms with Crippen molar-refractivity contribution >= 4 is 11.6 Å². The second-order valence-corrected chi connectivity index (χ2v) is 4.87. The monoisotopic (exact) mass is 286 g/mol. The second kappa shape index (κ2) is 6.88. The van der Waals surface area contributed by atoms with Gasteiger partial charge in [0.15, 0.2) is 0 Å². The molecule has 2 rings (SSSR count). The highest BCUT2D eigenvalue weighted by atomic mass is 19.1. The molecule has 0 unspecified atom stereocenters. The molecule has 21 heavy (non-hydrogen) atoms. The zero-order chi connectivity index (χ0) is 15.2. The summed E-state index contributed by atoms with van der Waals surface area (Å²) in [6.07, 6.45) is 0. The van der Waals surface area contributed by atoms with Crippen molar-refractivity contribution in [1.82, 2.24) is 5.32 Å². The van der Waals surface area contributed by atoms with Crippen molar-refractivity contribution in [2.75, 3.05) is 11.9 Å². The smallest absolute Gasteiger partial charge is 0.251 e. The van der Waals surface area contributed by atoms with Crippen LogP contribution in [0.15, 0.2) is 42.5 Å². The van der Waals surface area contributed by atoms with Gasteiger partial charge in [0.2, 0.25) is 0 Å². The van der Waals surface area contributed by atoms with E-state index in [9.17, 15) is 9.18 Å². The third-order valence-corrected chi connectivity index (χ3v) is 3.22. The number of hydrogen-bond acceptors (Lipinski definition) is 2. The fraction of sp³-hybridized carbons (Fsp3) is 0.235. The van der Waals surface area contributed by atoms with Crippen LogP contribution in [0.25, 0.3) is 0 Å². The van der Waals surface area contributed by atoms with Gasteiger partial charge >= 0.3 is 0 Å². The van der Waals surface area contributed by atoms with Gasteiger partial charge in [0.05, 0.1) is 0 Å². The van der Waals surface area contributed by atoms with Gasteiger partial charge in [-0.2, -0.15) is 0 Å². The van der Waals surface area contributed by atoms with Crippen molar-refractivity contribution in [1.29, 1.82) is 0 Å². The minimum Gasteiger partial charge on any atom is -0.381 e. The number of nitrogens with one attached hydrogen (secondary N) is 2. The predicted molar refractivity (Wildman–Crippen MR) is 82.9 cm³/mol. The molecule has 110 valence electrons. The van der Waals surface area contributed by atoms with Crippen molar-refractivity contribution in [2.45, 2.75) is 20.4 Å². The van der Waals surface area contributed by atoms with Gasteiger partial charge in [-0.15, -0.1) is 0 Å². The first-order valence-corrected chi connectivity index (χ1v) is 6.97. The Morgan fingerprint density at radius 1 is 1.14 bits per heavy atom. The van der Waals surface area contributed by atoms with Crippen LogP contribution in [0.2, 0.25) is 0 Å². The van der Waals surface area contributed by atoms with Crippen molar-refractivity contribution in [3.05, 3.63) is 65.0 Å². The molecule has 2 aromatic rings. The number of carbonyl (C=O) groups is 1. The Bertz CT molecular complexity index is 623. The van der Waals surface area contributed by atoms with Gasteiger partial charge in [-0.3, -0.25) is 4.79 Å². The molecular weight excluding hydrogens is 267 g/mol. The molecule has 0 saturated heterocycles. The fourth-order valence-corrected chi connectivity index (χ4v) is 1.95. The highest BCUT2D eigenvalue weighted by Gasteiger charge is 2.04. The maximum atomic E-state index is 13.4. The lowest BCUT2D eigenvalue weighted by Gasteiger charge is -2.08. The van der Waals surface area contributed by atoms with Crippen LogP contribution in [0.4, 0.5) is 10.1 Å². The molecule has 0 radical (unpaired) electrons. The van der Waals surface area contributed by atoms with Gasteiger partial charge in [0, 0.05) is 24.3 Å². The molecule has 4 heteroatoms. The van der Waals surface area contributed by atoms with Crippen LogP contribution in [-0.4, -0.2) is 12.5 Å². The third kappa shape index (κ3) is 4.05. The van der Waals surface area contributed by atoms with Crippen LogP contribution in [-0.2, 0) is 6.54 Å². The number of carbonyl (C=O) groups excluding carboxylic acids is 1. The molecular formula is C17H19FN2O. The Hall–Kier alpha value is -2.36. The maximum Gasteiger partial charge on any atom is 0.251 e. The summed E-state index contributed by atoms with van der Waals surface area (Å²) in [7, 11) is 0. The normalized spacial score (nSPS) is 10.2. The Kier molecular flexibility index (Phi) is 4.93. The van der Waals surface area contributed by atoms with Crippen molar-refractivity contribution in [2.24, 2.45) is 0 Å². The van der Waals surface area contributed by atoms with E-state index in [0.29, 0.717) is 24.2 Å². The standard InChI is InChI=1S/C17H19FN2O/c1-3-19-17(21)14-6-8-15(9-7-14)20-11-13-5-4-12(2)16(18)10-13/h4-10,20H,3,11H2,1-2H3,(H,19,21). The molecule has 0 aliphatic heterocycles. The number of halogens is 1. The van der Waals surface area contributed by atoms with E-state index in [1.807, 2.05) is 25.1 Å². The van der Waals surface area contributed by atoms with Gasteiger partial charge in [-0.25, -0.2) is 4.39 Å². The minimum atomic E-state index is -0.194. The number of amides is 1. The molecule has 0 spiro atoms. The van der Waals surface area contributed by atoms with Crippen LogP contribution in [0.5, 0.6) is 0 Å². The van der Waals surface area contributed by atoms with Crippen molar-refractivity contribution < 1.29 is 9.18 Å². The average molecular weight is 286 g/mol. The first-order valence-electron chi connectivity index (χ1n) is 6.97. The minimum absolute atomic E-state index is 0.0790. The number of hydrogen-bond donors (Lipinski definition) is 2. The average Bonchev–Trinajstić information content (AvgIpc) is 2.49. The van der Waals surface area contributed by atoms with E-state index in [4.69, 9.17) is 0 Å². The summed E-state index contributed by atoms with van der Waals surface area (Å²) in [4.78, 5) is 11.6. The quantitative estimate of drug-likeness (QED) is 0.883. The van der Waals surface area contributed by atoms with E-state index < -0.39 is 0 Å². The lowest BCUT2D eigenvalue weighted by atomic mass is 10.1. The molecule has 0 bridgehead atoms. The number of anilines is 1. The molecule has 0 aliphatic carbocycles. The maximum absolute atomic E-state index is 13.4. The van der Waals surface area contributed by atoms with Gasteiger partial charge in [-0.05, 0) is 55.3 Å². The second-order valence-electron chi connectivity index (χ2n) is 4.87. The van der Waals surface area contributed by atoms with E-state index in [-0.39, 0.29) is 11.7 Å². The molecule has 0 heterocycles. The Morgan fingerprint density at radius 2 is 1.86 bits per heavy atom. The molecule has 1 amide bonds. The van der Waals surface area contributed by atoms with E-state index in [1.54, 1.807) is 25.1 Å². The van der Waals surface area contributed by atoms with E-state index in [1.165, 1.54) is 6.07 Å². The lowest BCUT2D eigenvalue weighted by molar-refractivity contribution is 0.0956. The Morgan fingerprint density at radius 3 is 2.48 bits per heavy atom. The summed E-state index contributed by atoms with van der Waals surface area (Å²) in [6, 6.07) is 12.4. The first kappa shape index (κ1) is 15.0. The molecule has 0 saturated carbocycles. The molecule has 0 fully saturated rings. The summed E-state index contributed by atoms with van der Waals surface area (Å²) in [6.45, 7) is 4.77. The predicted octanol–water partition coefficient (Wildman–Crippen LogP) is 3.50. The summed E-state index contributed by atoms with van der Waals surface area (Å²) in [5.74, 6) is -0.273. The van der Waals surface area contributed by atoms with Crippen LogP contribution in [0.1, 0.15) is 28.4 Å². The van der Waals surface area contributed by atoms with Crippen LogP contribution in [0.3, 0.4) is 0 Å².